The highest BCUT2D eigenvalue weighted by Gasteiger charge is 2.22. The van der Waals surface area contributed by atoms with E-state index in [0.717, 1.165) is 33.2 Å². The third-order valence-electron chi connectivity index (χ3n) is 3.85. The Bertz CT molecular complexity index is 867. The van der Waals surface area contributed by atoms with E-state index in [1.165, 1.54) is 0 Å². The Balaban J connectivity index is 1.96. The molecular formula is C16H13N3O2. The van der Waals surface area contributed by atoms with Gasteiger partial charge in [0.15, 0.2) is 5.78 Å². The molecule has 5 nitrogen and oxygen atoms in total. The van der Waals surface area contributed by atoms with Crippen LogP contribution in [0, 0.1) is 0 Å². The number of hydrogen-bond donors (Lipinski definition) is 0. The van der Waals surface area contributed by atoms with Crippen LogP contribution in [0.15, 0.2) is 36.8 Å². The van der Waals surface area contributed by atoms with E-state index in [4.69, 9.17) is 4.74 Å². The van der Waals surface area contributed by atoms with Gasteiger partial charge in [-0.25, -0.2) is 0 Å². The summed E-state index contributed by atoms with van der Waals surface area (Å²) in [5.74, 6) is 0.0127. The van der Waals surface area contributed by atoms with Gasteiger partial charge in [0.2, 0.25) is 0 Å². The maximum atomic E-state index is 12.2. The molecule has 0 atom stereocenters. The molecule has 0 spiro atoms. The molecule has 0 saturated carbocycles. The lowest BCUT2D eigenvalue weighted by atomic mass is 9.94. The first-order valence-electron chi connectivity index (χ1n) is 6.74. The Kier molecular flexibility index (Phi) is 2.62. The van der Waals surface area contributed by atoms with Crippen molar-refractivity contribution in [2.75, 3.05) is 6.61 Å². The van der Waals surface area contributed by atoms with Crippen LogP contribution in [0.25, 0.3) is 22.0 Å². The van der Waals surface area contributed by atoms with E-state index >= 15 is 0 Å². The minimum Gasteiger partial charge on any atom is -0.369 e. The van der Waals surface area contributed by atoms with Crippen molar-refractivity contribution in [1.82, 2.24) is 14.8 Å². The van der Waals surface area contributed by atoms with Crippen molar-refractivity contribution in [3.63, 3.8) is 0 Å². The Morgan fingerprint density at radius 1 is 1.19 bits per heavy atom. The number of aryl methyl sites for hydroxylation is 1. The van der Waals surface area contributed by atoms with Gasteiger partial charge in [0.05, 0.1) is 18.3 Å². The SMILES string of the molecule is Cn1ncc2ccc(-c3cncc4c3C(=O)COC4)cc21. The molecule has 0 radical (unpaired) electrons. The lowest BCUT2D eigenvalue weighted by molar-refractivity contribution is 0.0665. The second-order valence-corrected chi connectivity index (χ2v) is 5.18. The van der Waals surface area contributed by atoms with Crippen LogP contribution in [-0.2, 0) is 18.4 Å². The van der Waals surface area contributed by atoms with Crippen LogP contribution in [0.4, 0.5) is 0 Å². The lowest BCUT2D eigenvalue weighted by Gasteiger charge is -2.18. The van der Waals surface area contributed by atoms with Gasteiger partial charge in [-0.1, -0.05) is 12.1 Å². The highest BCUT2D eigenvalue weighted by atomic mass is 16.5. The molecule has 0 unspecified atom stereocenters. The van der Waals surface area contributed by atoms with E-state index in [1.54, 1.807) is 12.4 Å². The van der Waals surface area contributed by atoms with E-state index in [-0.39, 0.29) is 12.4 Å². The molecule has 3 heterocycles. The number of carbonyl (C=O) groups is 1. The van der Waals surface area contributed by atoms with E-state index in [2.05, 4.69) is 10.1 Å². The van der Waals surface area contributed by atoms with E-state index in [0.29, 0.717) is 6.61 Å². The zero-order valence-electron chi connectivity index (χ0n) is 11.5. The molecule has 0 saturated heterocycles. The fourth-order valence-electron chi connectivity index (χ4n) is 2.80. The Labute approximate surface area is 121 Å². The normalized spacial score (nSPS) is 14.4. The van der Waals surface area contributed by atoms with Crippen LogP contribution in [-0.4, -0.2) is 27.2 Å². The Morgan fingerprint density at radius 3 is 3.00 bits per heavy atom. The first-order valence-corrected chi connectivity index (χ1v) is 6.74. The minimum atomic E-state index is 0.0127. The van der Waals surface area contributed by atoms with Crippen LogP contribution < -0.4 is 0 Å². The third kappa shape index (κ3) is 1.86. The van der Waals surface area contributed by atoms with Gasteiger partial charge < -0.3 is 4.74 Å². The molecule has 0 amide bonds. The second kappa shape index (κ2) is 4.49. The number of fused-ring (bicyclic) bond motifs is 2. The fraction of sp³-hybridized carbons (Fsp3) is 0.188. The largest absolute Gasteiger partial charge is 0.369 e. The number of carbonyl (C=O) groups excluding carboxylic acids is 1. The number of pyridine rings is 1. The number of ether oxygens (including phenoxy) is 1. The van der Waals surface area contributed by atoms with Crippen molar-refractivity contribution in [2.24, 2.45) is 7.05 Å². The number of aromatic nitrogens is 3. The van der Waals surface area contributed by atoms with Crippen molar-refractivity contribution in [2.45, 2.75) is 6.61 Å². The smallest absolute Gasteiger partial charge is 0.189 e. The molecule has 0 aliphatic carbocycles. The van der Waals surface area contributed by atoms with Gasteiger partial charge in [-0.05, 0) is 11.6 Å². The van der Waals surface area contributed by atoms with Crippen molar-refractivity contribution >= 4 is 16.7 Å². The van der Waals surface area contributed by atoms with E-state index in [9.17, 15) is 4.79 Å². The molecular weight excluding hydrogens is 266 g/mol. The molecule has 0 bridgehead atoms. The van der Waals surface area contributed by atoms with Gasteiger partial charge in [0, 0.05) is 41.5 Å². The van der Waals surface area contributed by atoms with E-state index < -0.39 is 0 Å². The highest BCUT2D eigenvalue weighted by Crippen LogP contribution is 2.30. The minimum absolute atomic E-state index is 0.0127. The number of ketones is 1. The van der Waals surface area contributed by atoms with Crippen LogP contribution >= 0.6 is 0 Å². The maximum Gasteiger partial charge on any atom is 0.189 e. The Hall–Kier alpha value is -2.53. The first kappa shape index (κ1) is 12.2. The van der Waals surface area contributed by atoms with Gasteiger partial charge in [-0.3, -0.25) is 14.5 Å². The molecule has 5 heteroatoms. The van der Waals surface area contributed by atoms with Crippen molar-refractivity contribution < 1.29 is 9.53 Å². The van der Waals surface area contributed by atoms with Gasteiger partial charge in [-0.2, -0.15) is 5.10 Å². The third-order valence-corrected chi connectivity index (χ3v) is 3.85. The summed E-state index contributed by atoms with van der Waals surface area (Å²) in [5.41, 5.74) is 4.46. The lowest BCUT2D eigenvalue weighted by Crippen LogP contribution is -2.19. The summed E-state index contributed by atoms with van der Waals surface area (Å²) in [5, 5.41) is 5.32. The number of rotatable bonds is 1. The summed E-state index contributed by atoms with van der Waals surface area (Å²) >= 11 is 0. The van der Waals surface area contributed by atoms with Gasteiger partial charge in [0.25, 0.3) is 0 Å². The second-order valence-electron chi connectivity index (χ2n) is 5.18. The number of hydrogen-bond acceptors (Lipinski definition) is 4. The molecule has 3 aromatic rings. The van der Waals surface area contributed by atoms with Crippen LogP contribution in [0.2, 0.25) is 0 Å². The molecule has 21 heavy (non-hydrogen) atoms. The summed E-state index contributed by atoms with van der Waals surface area (Å²) in [4.78, 5) is 16.4. The summed E-state index contributed by atoms with van der Waals surface area (Å²) in [6.07, 6.45) is 5.29. The number of Topliss-reactive ketones (excluding diaryl/α,β-unsaturated/α-hetero) is 1. The average molecular weight is 279 g/mol. The summed E-state index contributed by atoms with van der Waals surface area (Å²) in [7, 11) is 1.91. The van der Waals surface area contributed by atoms with Crippen molar-refractivity contribution in [3.05, 3.63) is 47.9 Å². The van der Waals surface area contributed by atoms with Crippen LogP contribution in [0.5, 0.6) is 0 Å². The van der Waals surface area contributed by atoms with Gasteiger partial charge in [-0.15, -0.1) is 0 Å². The predicted molar refractivity (Wildman–Crippen MR) is 77.9 cm³/mol. The fourth-order valence-corrected chi connectivity index (χ4v) is 2.80. The summed E-state index contributed by atoms with van der Waals surface area (Å²) in [6, 6.07) is 6.06. The highest BCUT2D eigenvalue weighted by molar-refractivity contribution is 6.05. The topological polar surface area (TPSA) is 57.0 Å². The standard InChI is InChI=1S/C16H13N3O2/c1-19-14-4-10(2-3-11(14)6-18-19)13-7-17-5-12-8-21-9-15(20)16(12)13/h2-7H,8-9H2,1H3. The molecule has 4 rings (SSSR count). The average Bonchev–Trinajstić information content (AvgIpc) is 2.88. The van der Waals surface area contributed by atoms with Crippen LogP contribution in [0.3, 0.4) is 0 Å². The maximum absolute atomic E-state index is 12.2. The summed E-state index contributed by atoms with van der Waals surface area (Å²) < 4.78 is 7.10. The Morgan fingerprint density at radius 2 is 2.10 bits per heavy atom. The number of nitrogens with zero attached hydrogens (tertiary/aromatic N) is 3. The molecule has 0 N–H and O–H groups in total. The zero-order chi connectivity index (χ0) is 14.4. The molecule has 2 aromatic heterocycles. The predicted octanol–water partition coefficient (Wildman–Crippen LogP) is 2.35. The van der Waals surface area contributed by atoms with Crippen molar-refractivity contribution in [3.8, 4) is 11.1 Å². The molecule has 1 aromatic carbocycles. The molecule has 0 fully saturated rings. The zero-order valence-corrected chi connectivity index (χ0v) is 11.5. The molecule has 1 aliphatic rings. The van der Waals surface area contributed by atoms with Crippen LogP contribution in [0.1, 0.15) is 15.9 Å². The quantitative estimate of drug-likeness (QED) is 0.686. The molecule has 1 aliphatic heterocycles. The van der Waals surface area contributed by atoms with E-state index in [1.807, 2.05) is 36.1 Å². The summed E-state index contributed by atoms with van der Waals surface area (Å²) in [6.45, 7) is 0.577. The number of benzene rings is 1. The molecule has 104 valence electrons. The van der Waals surface area contributed by atoms with Crippen molar-refractivity contribution in [1.29, 1.82) is 0 Å². The first-order chi connectivity index (χ1) is 10.2. The van der Waals surface area contributed by atoms with Gasteiger partial charge in [0.1, 0.15) is 6.61 Å². The monoisotopic (exact) mass is 279 g/mol. The van der Waals surface area contributed by atoms with Gasteiger partial charge >= 0.3 is 0 Å².